The number of nitrogens with two attached hydrogens (primary N) is 1. The summed E-state index contributed by atoms with van der Waals surface area (Å²) in [5.74, 6) is 2.25. The van der Waals surface area contributed by atoms with Crippen LogP contribution in [0.1, 0.15) is 6.92 Å². The highest BCUT2D eigenvalue weighted by atomic mass is 16.5. The normalized spacial score (nSPS) is 14.1. The van der Waals surface area contributed by atoms with Crippen molar-refractivity contribution in [2.75, 3.05) is 51.0 Å². The van der Waals surface area contributed by atoms with Crippen molar-refractivity contribution in [3.63, 3.8) is 0 Å². The molecule has 9 nitrogen and oxygen atoms in total. The summed E-state index contributed by atoms with van der Waals surface area (Å²) in [4.78, 5) is 29.2. The van der Waals surface area contributed by atoms with Crippen molar-refractivity contribution < 1.29 is 14.3 Å². The van der Waals surface area contributed by atoms with Gasteiger partial charge in [-0.05, 0) is 30.3 Å². The fourth-order valence-electron chi connectivity index (χ4n) is 3.63. The smallest absolute Gasteiger partial charge is 0.222 e. The number of pyridine rings is 1. The summed E-state index contributed by atoms with van der Waals surface area (Å²) in [7, 11) is 3.20. The predicted molar refractivity (Wildman–Crippen MR) is 115 cm³/mol. The second-order valence-electron chi connectivity index (χ2n) is 7.03. The molecule has 1 aliphatic rings. The van der Waals surface area contributed by atoms with Crippen molar-refractivity contribution in [3.8, 4) is 22.8 Å². The molecule has 4 rings (SSSR count). The van der Waals surface area contributed by atoms with Crippen molar-refractivity contribution in [1.29, 1.82) is 0 Å². The third-order valence-electron chi connectivity index (χ3n) is 5.25. The summed E-state index contributed by atoms with van der Waals surface area (Å²) in [6.45, 7) is 4.18. The van der Waals surface area contributed by atoms with Crippen molar-refractivity contribution >= 4 is 28.7 Å². The van der Waals surface area contributed by atoms with Crippen molar-refractivity contribution in [2.45, 2.75) is 6.92 Å². The SMILES string of the molecule is COc1ccc(-c2ccc3nc(N)nc(N4CCN(C(C)=O)CC4)c3n2)cc1OC. The van der Waals surface area contributed by atoms with E-state index in [1.165, 1.54) is 0 Å². The highest BCUT2D eigenvalue weighted by Crippen LogP contribution is 2.33. The van der Waals surface area contributed by atoms with Crippen molar-refractivity contribution in [3.05, 3.63) is 30.3 Å². The summed E-state index contributed by atoms with van der Waals surface area (Å²) in [5, 5.41) is 0. The number of fused-ring (bicyclic) bond motifs is 1. The topological polar surface area (TPSA) is 107 Å². The fourth-order valence-corrected chi connectivity index (χ4v) is 3.63. The number of benzene rings is 1. The first-order valence-electron chi connectivity index (χ1n) is 9.67. The molecular weight excluding hydrogens is 384 g/mol. The van der Waals surface area contributed by atoms with E-state index in [1.807, 2.05) is 35.2 Å². The molecule has 3 aromatic rings. The van der Waals surface area contributed by atoms with E-state index >= 15 is 0 Å². The quantitative estimate of drug-likeness (QED) is 0.698. The van der Waals surface area contributed by atoms with Crippen LogP contribution in [0.2, 0.25) is 0 Å². The summed E-state index contributed by atoms with van der Waals surface area (Å²) in [6.07, 6.45) is 0. The minimum atomic E-state index is 0.0792. The zero-order valence-corrected chi connectivity index (χ0v) is 17.3. The van der Waals surface area contributed by atoms with E-state index in [2.05, 4.69) is 14.9 Å². The van der Waals surface area contributed by atoms with Gasteiger partial charge in [0.1, 0.15) is 5.52 Å². The maximum absolute atomic E-state index is 11.6. The number of carbonyl (C=O) groups is 1. The van der Waals surface area contributed by atoms with E-state index in [1.54, 1.807) is 21.1 Å². The van der Waals surface area contributed by atoms with E-state index in [0.717, 1.165) is 11.3 Å². The average molecular weight is 408 g/mol. The van der Waals surface area contributed by atoms with E-state index in [-0.39, 0.29) is 11.9 Å². The first-order valence-corrected chi connectivity index (χ1v) is 9.67. The van der Waals surface area contributed by atoms with Gasteiger partial charge in [-0.2, -0.15) is 4.98 Å². The molecule has 0 saturated carbocycles. The van der Waals surface area contributed by atoms with Gasteiger partial charge in [-0.15, -0.1) is 0 Å². The molecule has 1 amide bonds. The van der Waals surface area contributed by atoms with Crippen LogP contribution in [0.4, 0.5) is 11.8 Å². The zero-order chi connectivity index (χ0) is 21.3. The molecule has 1 aromatic carbocycles. The minimum Gasteiger partial charge on any atom is -0.493 e. The lowest BCUT2D eigenvalue weighted by atomic mass is 10.1. The molecule has 3 heterocycles. The van der Waals surface area contributed by atoms with Crippen LogP contribution in [0.15, 0.2) is 30.3 Å². The fraction of sp³-hybridized carbons (Fsp3) is 0.333. The molecule has 2 N–H and O–H groups in total. The van der Waals surface area contributed by atoms with E-state index < -0.39 is 0 Å². The van der Waals surface area contributed by atoms with Crippen LogP contribution in [0, 0.1) is 0 Å². The standard InChI is InChI=1S/C21H24N6O3/c1-13(28)26-8-10-27(11-9-26)20-19-16(24-21(22)25-20)6-5-15(23-19)14-4-7-17(29-2)18(12-14)30-3/h4-7,12H,8-11H2,1-3H3,(H2,22,24,25). The van der Waals surface area contributed by atoms with Gasteiger partial charge < -0.3 is 25.0 Å². The van der Waals surface area contributed by atoms with Crippen LogP contribution >= 0.6 is 0 Å². The Hall–Kier alpha value is -3.62. The van der Waals surface area contributed by atoms with Gasteiger partial charge >= 0.3 is 0 Å². The Balaban J connectivity index is 1.75. The maximum Gasteiger partial charge on any atom is 0.222 e. The number of amides is 1. The summed E-state index contributed by atoms with van der Waals surface area (Å²) in [6, 6.07) is 9.45. The van der Waals surface area contributed by atoms with Crippen LogP contribution in [0.25, 0.3) is 22.3 Å². The number of rotatable bonds is 4. The second-order valence-corrected chi connectivity index (χ2v) is 7.03. The molecule has 0 aliphatic carbocycles. The highest BCUT2D eigenvalue weighted by Gasteiger charge is 2.23. The molecule has 9 heteroatoms. The number of nitrogens with zero attached hydrogens (tertiary/aromatic N) is 5. The number of hydrogen-bond acceptors (Lipinski definition) is 8. The third-order valence-corrected chi connectivity index (χ3v) is 5.25. The number of methoxy groups -OCH3 is 2. The summed E-state index contributed by atoms with van der Waals surface area (Å²) < 4.78 is 10.7. The predicted octanol–water partition coefficient (Wildman–Crippen LogP) is 1.96. The molecule has 0 bridgehead atoms. The third kappa shape index (κ3) is 3.66. The molecule has 0 spiro atoms. The molecule has 0 atom stereocenters. The zero-order valence-electron chi connectivity index (χ0n) is 17.3. The molecule has 156 valence electrons. The molecule has 2 aromatic heterocycles. The minimum absolute atomic E-state index is 0.0792. The molecule has 30 heavy (non-hydrogen) atoms. The van der Waals surface area contributed by atoms with Crippen LogP contribution in [-0.2, 0) is 4.79 Å². The van der Waals surface area contributed by atoms with Crippen LogP contribution in [0.5, 0.6) is 11.5 Å². The molecule has 1 fully saturated rings. The number of ether oxygens (including phenoxy) is 2. The molecule has 0 radical (unpaired) electrons. The highest BCUT2D eigenvalue weighted by molar-refractivity contribution is 5.89. The first kappa shape index (κ1) is 19.7. The van der Waals surface area contributed by atoms with E-state index in [9.17, 15) is 4.79 Å². The Kier molecular flexibility index (Phi) is 5.26. The number of nitrogen functional groups attached to an aromatic ring is 1. The molecular formula is C21H24N6O3. The largest absolute Gasteiger partial charge is 0.493 e. The van der Waals surface area contributed by atoms with Gasteiger partial charge in [0.15, 0.2) is 17.3 Å². The maximum atomic E-state index is 11.6. The van der Waals surface area contributed by atoms with Gasteiger partial charge in [-0.1, -0.05) is 0 Å². The molecule has 0 unspecified atom stereocenters. The lowest BCUT2D eigenvalue weighted by Gasteiger charge is -2.35. The van der Waals surface area contributed by atoms with Gasteiger partial charge in [-0.25, -0.2) is 9.97 Å². The monoisotopic (exact) mass is 408 g/mol. The van der Waals surface area contributed by atoms with E-state index in [0.29, 0.717) is 54.5 Å². The summed E-state index contributed by atoms with van der Waals surface area (Å²) in [5.41, 5.74) is 8.96. The Morgan fingerprint density at radius 3 is 2.37 bits per heavy atom. The summed E-state index contributed by atoms with van der Waals surface area (Å²) >= 11 is 0. The Bertz CT molecular complexity index is 1100. The number of piperazine rings is 1. The number of carbonyl (C=O) groups excluding carboxylic acids is 1. The Morgan fingerprint density at radius 2 is 1.70 bits per heavy atom. The Labute approximate surface area is 174 Å². The molecule has 1 saturated heterocycles. The van der Waals surface area contributed by atoms with Crippen LogP contribution in [0.3, 0.4) is 0 Å². The van der Waals surface area contributed by atoms with Gasteiger partial charge in [0.05, 0.1) is 25.4 Å². The molecule has 1 aliphatic heterocycles. The lowest BCUT2D eigenvalue weighted by Crippen LogP contribution is -2.48. The van der Waals surface area contributed by atoms with Gasteiger partial charge in [0.2, 0.25) is 11.9 Å². The number of aromatic nitrogens is 3. The van der Waals surface area contributed by atoms with Gasteiger partial charge in [0.25, 0.3) is 0 Å². The second kappa shape index (κ2) is 8.02. The Morgan fingerprint density at radius 1 is 0.967 bits per heavy atom. The average Bonchev–Trinajstić information content (AvgIpc) is 2.77. The van der Waals surface area contributed by atoms with Gasteiger partial charge in [0, 0.05) is 38.7 Å². The first-order chi connectivity index (χ1) is 14.5. The number of anilines is 2. The van der Waals surface area contributed by atoms with E-state index in [4.69, 9.17) is 20.2 Å². The van der Waals surface area contributed by atoms with Crippen molar-refractivity contribution in [1.82, 2.24) is 19.9 Å². The number of hydrogen-bond donors (Lipinski definition) is 1. The van der Waals surface area contributed by atoms with Crippen molar-refractivity contribution in [2.24, 2.45) is 0 Å². The van der Waals surface area contributed by atoms with Crippen LogP contribution < -0.4 is 20.1 Å². The lowest BCUT2D eigenvalue weighted by molar-refractivity contribution is -0.129. The van der Waals surface area contributed by atoms with Gasteiger partial charge in [-0.3, -0.25) is 4.79 Å². The van der Waals surface area contributed by atoms with Crippen LogP contribution in [-0.4, -0.2) is 66.2 Å².